The van der Waals surface area contributed by atoms with E-state index in [1.165, 1.54) is 0 Å². The molecule has 20 heavy (non-hydrogen) atoms. The third-order valence-electron chi connectivity index (χ3n) is 3.41. The van der Waals surface area contributed by atoms with Gasteiger partial charge in [-0.15, -0.1) is 11.3 Å². The Hall–Kier alpha value is -1.76. The number of nitrogens with one attached hydrogen (secondary N) is 1. The average molecular weight is 297 g/mol. The van der Waals surface area contributed by atoms with Gasteiger partial charge in [-0.2, -0.15) is 0 Å². The number of carbonyl (C=O) groups is 2. The number of ether oxygens (including phenoxy) is 1. The van der Waals surface area contributed by atoms with Crippen molar-refractivity contribution in [3.8, 4) is 0 Å². The maximum absolute atomic E-state index is 12.0. The predicted molar refractivity (Wildman–Crippen MR) is 79.0 cm³/mol. The summed E-state index contributed by atoms with van der Waals surface area (Å²) in [4.78, 5) is 23.5. The van der Waals surface area contributed by atoms with Crippen molar-refractivity contribution in [1.29, 1.82) is 0 Å². The van der Waals surface area contributed by atoms with E-state index in [0.717, 1.165) is 24.2 Å². The van der Waals surface area contributed by atoms with Gasteiger partial charge in [0.25, 0.3) is 5.91 Å². The van der Waals surface area contributed by atoms with Crippen molar-refractivity contribution in [3.63, 3.8) is 0 Å². The summed E-state index contributed by atoms with van der Waals surface area (Å²) in [5, 5.41) is 3.85. The lowest BCUT2D eigenvalue weighted by Crippen LogP contribution is -2.14. The predicted octanol–water partition coefficient (Wildman–Crippen LogP) is 1.82. The zero-order valence-electron chi connectivity index (χ0n) is 11.6. The fourth-order valence-corrected chi connectivity index (χ4v) is 3.20. The summed E-state index contributed by atoms with van der Waals surface area (Å²) >= 11 is 1.12. The number of hydrogen-bond acceptors (Lipinski definition) is 6. The molecule has 1 aromatic heterocycles. The molecule has 7 heteroatoms. The van der Waals surface area contributed by atoms with Crippen LogP contribution in [0.4, 0.5) is 10.7 Å². The van der Waals surface area contributed by atoms with Crippen LogP contribution in [0.2, 0.25) is 0 Å². The Morgan fingerprint density at radius 3 is 2.65 bits per heavy atom. The second kappa shape index (κ2) is 5.70. The van der Waals surface area contributed by atoms with Crippen molar-refractivity contribution in [2.75, 3.05) is 17.7 Å². The van der Waals surface area contributed by atoms with E-state index < -0.39 is 11.9 Å². The molecule has 5 N–H and O–H groups in total. The molecule has 2 atom stereocenters. The molecule has 110 valence electrons. The summed E-state index contributed by atoms with van der Waals surface area (Å²) in [6, 6.07) is 0.326. The Kier molecular flexibility index (Phi) is 4.17. The summed E-state index contributed by atoms with van der Waals surface area (Å²) < 4.78 is 4.99. The minimum Gasteiger partial charge on any atom is -0.462 e. The van der Waals surface area contributed by atoms with Gasteiger partial charge in [-0.3, -0.25) is 4.79 Å². The van der Waals surface area contributed by atoms with E-state index in [4.69, 9.17) is 16.2 Å². The van der Waals surface area contributed by atoms with Gasteiger partial charge in [-0.05, 0) is 19.3 Å². The molecule has 0 saturated heterocycles. The first-order valence-corrected chi connectivity index (χ1v) is 7.46. The Morgan fingerprint density at radius 1 is 1.45 bits per heavy atom. The molecule has 0 spiro atoms. The molecule has 1 amide bonds. The van der Waals surface area contributed by atoms with Crippen LogP contribution in [0.3, 0.4) is 0 Å². The number of thiophene rings is 1. The topological polar surface area (TPSA) is 107 Å². The molecule has 1 aliphatic carbocycles. The second-order valence-electron chi connectivity index (χ2n) is 4.79. The highest BCUT2D eigenvalue weighted by molar-refractivity contribution is 7.19. The Balaban J connectivity index is 2.30. The molecule has 0 aliphatic heterocycles. The van der Waals surface area contributed by atoms with Crippen LogP contribution in [0.15, 0.2) is 0 Å². The number of nitrogen functional groups attached to an aromatic ring is 1. The minimum absolute atomic E-state index is 0.108. The standard InChI is InChI=1S/C13H19N3O3S/c1-3-6-5-7(6)16-12-8(13(18)19-4-2)9(14)10(20-12)11(15)17/h6-7,16H,3-5,14H2,1-2H3,(H2,15,17). The van der Waals surface area contributed by atoms with Crippen LogP contribution in [-0.2, 0) is 4.74 Å². The molecule has 1 aromatic rings. The Bertz CT molecular complexity index is 541. The van der Waals surface area contributed by atoms with Crippen molar-refractivity contribution in [2.24, 2.45) is 11.7 Å². The molecule has 1 saturated carbocycles. The van der Waals surface area contributed by atoms with Crippen molar-refractivity contribution in [2.45, 2.75) is 32.7 Å². The number of rotatable bonds is 6. The van der Waals surface area contributed by atoms with Crippen molar-refractivity contribution in [3.05, 3.63) is 10.4 Å². The molecule has 1 heterocycles. The fraction of sp³-hybridized carbons (Fsp3) is 0.538. The largest absolute Gasteiger partial charge is 0.462 e. The number of primary amides is 1. The van der Waals surface area contributed by atoms with Gasteiger partial charge >= 0.3 is 5.97 Å². The zero-order valence-corrected chi connectivity index (χ0v) is 12.4. The van der Waals surface area contributed by atoms with Crippen molar-refractivity contribution in [1.82, 2.24) is 0 Å². The normalized spacial score (nSPS) is 20.5. The van der Waals surface area contributed by atoms with Crippen molar-refractivity contribution < 1.29 is 14.3 Å². The third-order valence-corrected chi connectivity index (χ3v) is 4.56. The summed E-state index contributed by atoms with van der Waals surface area (Å²) in [5.74, 6) is -0.552. The lowest BCUT2D eigenvalue weighted by Gasteiger charge is -2.07. The van der Waals surface area contributed by atoms with E-state index in [-0.39, 0.29) is 22.7 Å². The SMILES string of the molecule is CCOC(=O)c1c(NC2CC2CC)sc(C(N)=O)c1N. The summed E-state index contributed by atoms with van der Waals surface area (Å²) in [6.07, 6.45) is 2.14. The molecular formula is C13H19N3O3S. The van der Waals surface area contributed by atoms with Crippen LogP contribution < -0.4 is 16.8 Å². The highest BCUT2D eigenvalue weighted by Gasteiger charge is 2.37. The molecule has 1 fully saturated rings. The molecule has 2 unspecified atom stereocenters. The summed E-state index contributed by atoms with van der Waals surface area (Å²) in [7, 11) is 0. The number of hydrogen-bond donors (Lipinski definition) is 3. The molecule has 6 nitrogen and oxygen atoms in total. The van der Waals surface area contributed by atoms with E-state index in [9.17, 15) is 9.59 Å². The number of esters is 1. The Morgan fingerprint density at radius 2 is 2.15 bits per heavy atom. The monoisotopic (exact) mass is 297 g/mol. The number of nitrogens with two attached hydrogens (primary N) is 2. The van der Waals surface area contributed by atoms with E-state index >= 15 is 0 Å². The van der Waals surface area contributed by atoms with Gasteiger partial charge in [0, 0.05) is 6.04 Å². The van der Waals surface area contributed by atoms with Gasteiger partial charge in [0.2, 0.25) is 0 Å². The quantitative estimate of drug-likeness (QED) is 0.694. The first-order valence-electron chi connectivity index (χ1n) is 6.65. The van der Waals surface area contributed by atoms with E-state index in [0.29, 0.717) is 17.0 Å². The molecule has 0 bridgehead atoms. The van der Waals surface area contributed by atoms with Crippen LogP contribution in [0, 0.1) is 5.92 Å². The van der Waals surface area contributed by atoms with Gasteiger partial charge in [0.15, 0.2) is 0 Å². The lowest BCUT2D eigenvalue weighted by molar-refractivity contribution is 0.0529. The molecule has 1 aliphatic rings. The fourth-order valence-electron chi connectivity index (χ4n) is 2.18. The lowest BCUT2D eigenvalue weighted by atomic mass is 10.2. The van der Waals surface area contributed by atoms with E-state index in [1.807, 2.05) is 0 Å². The second-order valence-corrected chi connectivity index (χ2v) is 5.81. The third kappa shape index (κ3) is 2.72. The van der Waals surface area contributed by atoms with Crippen LogP contribution in [0.5, 0.6) is 0 Å². The van der Waals surface area contributed by atoms with Gasteiger partial charge in [-0.25, -0.2) is 4.79 Å². The molecule has 0 aromatic carbocycles. The average Bonchev–Trinajstić information content (AvgIpc) is 3.05. The van der Waals surface area contributed by atoms with Gasteiger partial charge < -0.3 is 21.5 Å². The van der Waals surface area contributed by atoms with Gasteiger partial charge in [-0.1, -0.05) is 13.3 Å². The number of carbonyl (C=O) groups excluding carboxylic acids is 2. The van der Waals surface area contributed by atoms with Crippen LogP contribution in [0.25, 0.3) is 0 Å². The highest BCUT2D eigenvalue weighted by Crippen LogP contribution is 2.42. The van der Waals surface area contributed by atoms with Crippen molar-refractivity contribution >= 4 is 33.9 Å². The van der Waals surface area contributed by atoms with E-state index in [2.05, 4.69) is 12.2 Å². The van der Waals surface area contributed by atoms with E-state index in [1.54, 1.807) is 6.92 Å². The van der Waals surface area contributed by atoms with Gasteiger partial charge in [0.05, 0.1) is 12.3 Å². The maximum Gasteiger partial charge on any atom is 0.343 e. The van der Waals surface area contributed by atoms with Gasteiger partial charge in [0.1, 0.15) is 15.4 Å². The maximum atomic E-state index is 12.0. The summed E-state index contributed by atoms with van der Waals surface area (Å²) in [5.41, 5.74) is 11.5. The number of anilines is 2. The first kappa shape index (κ1) is 14.6. The highest BCUT2D eigenvalue weighted by atomic mass is 32.1. The Labute approximate surface area is 121 Å². The van der Waals surface area contributed by atoms with Crippen LogP contribution in [-0.4, -0.2) is 24.5 Å². The molecule has 2 rings (SSSR count). The van der Waals surface area contributed by atoms with Crippen LogP contribution in [0.1, 0.15) is 46.7 Å². The van der Waals surface area contributed by atoms with Crippen LogP contribution >= 0.6 is 11.3 Å². The smallest absolute Gasteiger partial charge is 0.343 e. The molecule has 0 radical (unpaired) electrons. The minimum atomic E-state index is -0.631. The zero-order chi connectivity index (χ0) is 14.9. The number of amides is 1. The summed E-state index contributed by atoms with van der Waals surface area (Å²) in [6.45, 7) is 4.09. The molecular weight excluding hydrogens is 278 g/mol. The first-order chi connectivity index (χ1) is 9.49.